The molecule has 0 radical (unpaired) electrons. The molecule has 1 amide bonds. The lowest BCUT2D eigenvalue weighted by Gasteiger charge is -2.21. The Hall–Kier alpha value is -1.96. The molecule has 4 rings (SSSR count). The molecule has 0 aromatic carbocycles. The largest absolute Gasteiger partial charge is 0.320 e. The maximum atomic E-state index is 14.2. The normalized spacial score (nSPS) is 15.5. The average Bonchev–Trinajstić information content (AvgIpc) is 3.18. The number of piperidine rings is 1. The summed E-state index contributed by atoms with van der Waals surface area (Å²) in [6.07, 6.45) is 5.40. The number of aromatic nitrogens is 2. The van der Waals surface area contributed by atoms with Gasteiger partial charge in [0.05, 0.1) is 21.3 Å². The molecule has 136 valence electrons. The Bertz CT molecular complexity index is 977. The summed E-state index contributed by atoms with van der Waals surface area (Å²) in [5.41, 5.74) is 1.34. The molecule has 0 unspecified atom stereocenters. The van der Waals surface area contributed by atoms with Gasteiger partial charge < -0.3 is 15.0 Å². The maximum absolute atomic E-state index is 14.2. The highest BCUT2D eigenvalue weighted by atomic mass is 35.5. The molecule has 0 bridgehead atoms. The van der Waals surface area contributed by atoms with Gasteiger partial charge in [-0.15, -0.1) is 11.3 Å². The Morgan fingerprint density at radius 2 is 2.15 bits per heavy atom. The quantitative estimate of drug-likeness (QED) is 0.701. The number of hydrogen-bond donors (Lipinski definition) is 2. The Morgan fingerprint density at radius 3 is 2.92 bits per heavy atom. The maximum Gasteiger partial charge on any atom is 0.265 e. The van der Waals surface area contributed by atoms with E-state index in [1.54, 1.807) is 29.8 Å². The van der Waals surface area contributed by atoms with Crippen molar-refractivity contribution in [3.05, 3.63) is 50.8 Å². The van der Waals surface area contributed by atoms with Crippen LogP contribution < -0.4 is 10.6 Å². The van der Waals surface area contributed by atoms with E-state index in [-0.39, 0.29) is 11.6 Å². The van der Waals surface area contributed by atoms with Gasteiger partial charge in [-0.3, -0.25) is 4.79 Å². The first kappa shape index (κ1) is 17.5. The van der Waals surface area contributed by atoms with Gasteiger partial charge in [-0.1, -0.05) is 11.6 Å². The van der Waals surface area contributed by atoms with E-state index < -0.39 is 5.82 Å². The SMILES string of the molecule is Cc1cn2cc(NC(=O)c3cc(Cl)c(C4CCNCC4)s3)cc(F)c2n1. The highest BCUT2D eigenvalue weighted by Gasteiger charge is 2.22. The zero-order valence-electron chi connectivity index (χ0n) is 14.2. The van der Waals surface area contributed by atoms with E-state index in [4.69, 9.17) is 11.6 Å². The number of halogens is 2. The third-order valence-corrected chi connectivity index (χ3v) is 6.25. The Balaban J connectivity index is 1.56. The number of fused-ring (bicyclic) bond motifs is 1. The zero-order valence-corrected chi connectivity index (χ0v) is 15.8. The van der Waals surface area contributed by atoms with E-state index in [0.717, 1.165) is 30.8 Å². The number of anilines is 1. The molecule has 2 N–H and O–H groups in total. The predicted molar refractivity (Wildman–Crippen MR) is 102 cm³/mol. The van der Waals surface area contributed by atoms with Gasteiger partial charge in [-0.2, -0.15) is 0 Å². The van der Waals surface area contributed by atoms with E-state index in [1.165, 1.54) is 17.4 Å². The van der Waals surface area contributed by atoms with Crippen LogP contribution in [0.1, 0.15) is 39.0 Å². The fourth-order valence-corrected chi connectivity index (χ4v) is 4.86. The summed E-state index contributed by atoms with van der Waals surface area (Å²) in [6, 6.07) is 2.98. The number of aryl methyl sites for hydroxylation is 1. The van der Waals surface area contributed by atoms with E-state index in [0.29, 0.717) is 27.2 Å². The van der Waals surface area contributed by atoms with E-state index in [1.807, 2.05) is 0 Å². The molecule has 1 saturated heterocycles. The second kappa shape index (κ2) is 6.98. The highest BCUT2D eigenvalue weighted by molar-refractivity contribution is 7.14. The Kier molecular flexibility index (Phi) is 4.69. The second-order valence-electron chi connectivity index (χ2n) is 6.49. The fraction of sp³-hybridized carbons (Fsp3) is 0.333. The lowest BCUT2D eigenvalue weighted by atomic mass is 9.96. The van der Waals surface area contributed by atoms with Crippen LogP contribution in [-0.4, -0.2) is 28.4 Å². The second-order valence-corrected chi connectivity index (χ2v) is 7.98. The van der Waals surface area contributed by atoms with E-state index in [9.17, 15) is 9.18 Å². The van der Waals surface area contributed by atoms with Crippen molar-refractivity contribution in [2.75, 3.05) is 18.4 Å². The fourth-order valence-electron chi connectivity index (χ4n) is 3.30. The first-order valence-corrected chi connectivity index (χ1v) is 9.67. The third-order valence-electron chi connectivity index (χ3n) is 4.53. The Labute approximate surface area is 159 Å². The number of pyridine rings is 1. The summed E-state index contributed by atoms with van der Waals surface area (Å²) < 4.78 is 15.7. The van der Waals surface area contributed by atoms with Gasteiger partial charge in [-0.25, -0.2) is 9.37 Å². The van der Waals surface area contributed by atoms with Gasteiger partial charge in [0.25, 0.3) is 5.91 Å². The van der Waals surface area contributed by atoms with Gasteiger partial charge in [0, 0.05) is 23.3 Å². The number of nitrogens with one attached hydrogen (secondary N) is 2. The minimum absolute atomic E-state index is 0.243. The summed E-state index contributed by atoms with van der Waals surface area (Å²) in [5, 5.41) is 6.72. The molecule has 26 heavy (non-hydrogen) atoms. The summed E-state index contributed by atoms with van der Waals surface area (Å²) in [4.78, 5) is 18.3. The minimum atomic E-state index is -0.476. The van der Waals surface area contributed by atoms with Gasteiger partial charge >= 0.3 is 0 Å². The van der Waals surface area contributed by atoms with Crippen molar-refractivity contribution in [3.8, 4) is 0 Å². The summed E-state index contributed by atoms with van der Waals surface area (Å²) >= 11 is 7.79. The van der Waals surface area contributed by atoms with Gasteiger partial charge in [0.1, 0.15) is 0 Å². The highest BCUT2D eigenvalue weighted by Crippen LogP contribution is 2.37. The monoisotopic (exact) mass is 392 g/mol. The van der Waals surface area contributed by atoms with Crippen molar-refractivity contribution >= 4 is 40.2 Å². The van der Waals surface area contributed by atoms with Crippen LogP contribution in [0, 0.1) is 12.7 Å². The molecule has 0 saturated carbocycles. The summed E-state index contributed by atoms with van der Waals surface area (Å²) in [7, 11) is 0. The van der Waals surface area contributed by atoms with Gasteiger partial charge in [0.2, 0.25) is 0 Å². The molecule has 5 nitrogen and oxygen atoms in total. The third kappa shape index (κ3) is 3.34. The number of rotatable bonds is 3. The predicted octanol–water partition coefficient (Wildman–Crippen LogP) is 4.22. The molecule has 0 spiro atoms. The first-order valence-electron chi connectivity index (χ1n) is 8.47. The number of hydrogen-bond acceptors (Lipinski definition) is 4. The molecule has 8 heteroatoms. The van der Waals surface area contributed by atoms with Crippen LogP contribution in [-0.2, 0) is 0 Å². The van der Waals surface area contributed by atoms with Crippen LogP contribution in [0.25, 0.3) is 5.65 Å². The molecule has 1 aliphatic heterocycles. The van der Waals surface area contributed by atoms with Crippen molar-refractivity contribution < 1.29 is 9.18 Å². The molecule has 3 aromatic rings. The Morgan fingerprint density at radius 1 is 1.38 bits per heavy atom. The molecule has 0 atom stereocenters. The van der Waals surface area contributed by atoms with Crippen LogP contribution in [0.2, 0.25) is 5.02 Å². The van der Waals surface area contributed by atoms with Crippen LogP contribution in [0.5, 0.6) is 0 Å². The average molecular weight is 393 g/mol. The van der Waals surface area contributed by atoms with Gasteiger partial charge in [-0.05, 0) is 44.8 Å². The first-order chi connectivity index (χ1) is 12.5. The molecule has 1 aliphatic rings. The van der Waals surface area contributed by atoms with Crippen LogP contribution in [0.4, 0.5) is 10.1 Å². The smallest absolute Gasteiger partial charge is 0.265 e. The van der Waals surface area contributed by atoms with E-state index in [2.05, 4.69) is 15.6 Å². The molecule has 3 aromatic heterocycles. The molecule has 0 aliphatic carbocycles. The standard InChI is InChI=1S/C18H18ClFN4OS/c1-10-8-24-9-12(6-14(20)17(24)22-10)23-18(25)15-7-13(19)16(26-15)11-2-4-21-5-3-11/h6-9,11,21H,2-5H2,1H3,(H,23,25). The topological polar surface area (TPSA) is 58.4 Å². The minimum Gasteiger partial charge on any atom is -0.320 e. The zero-order chi connectivity index (χ0) is 18.3. The van der Waals surface area contributed by atoms with Crippen molar-refractivity contribution in [3.63, 3.8) is 0 Å². The van der Waals surface area contributed by atoms with Crippen molar-refractivity contribution in [2.45, 2.75) is 25.7 Å². The summed E-state index contributed by atoms with van der Waals surface area (Å²) in [6.45, 7) is 3.72. The molecule has 4 heterocycles. The number of carbonyl (C=O) groups excluding carboxylic acids is 1. The van der Waals surface area contributed by atoms with Gasteiger partial charge in [0.15, 0.2) is 11.5 Å². The van der Waals surface area contributed by atoms with Crippen molar-refractivity contribution in [1.82, 2.24) is 14.7 Å². The van der Waals surface area contributed by atoms with Crippen molar-refractivity contribution in [1.29, 1.82) is 0 Å². The lowest BCUT2D eigenvalue weighted by Crippen LogP contribution is -2.26. The van der Waals surface area contributed by atoms with Crippen LogP contribution in [0.3, 0.4) is 0 Å². The number of thiophene rings is 1. The summed E-state index contributed by atoms with van der Waals surface area (Å²) in [5.74, 6) is -0.374. The molecular formula is C18H18ClFN4OS. The van der Waals surface area contributed by atoms with Crippen LogP contribution >= 0.6 is 22.9 Å². The van der Waals surface area contributed by atoms with Crippen molar-refractivity contribution in [2.24, 2.45) is 0 Å². The molecular weight excluding hydrogens is 375 g/mol. The number of imidazole rings is 1. The number of nitrogens with zero attached hydrogens (tertiary/aromatic N) is 2. The van der Waals surface area contributed by atoms with Crippen LogP contribution in [0.15, 0.2) is 24.5 Å². The molecule has 1 fully saturated rings. The number of carbonyl (C=O) groups is 1. The number of amides is 1. The van der Waals surface area contributed by atoms with E-state index >= 15 is 0 Å². The lowest BCUT2D eigenvalue weighted by molar-refractivity contribution is 0.103.